The van der Waals surface area contributed by atoms with Crippen LogP contribution in [0.4, 0.5) is 5.82 Å². The molecule has 0 saturated carbocycles. The highest BCUT2D eigenvalue weighted by Crippen LogP contribution is 2.26. The number of anilines is 1. The predicted molar refractivity (Wildman–Crippen MR) is 71.1 cm³/mol. The number of H-pyrrole nitrogens is 1. The summed E-state index contributed by atoms with van der Waals surface area (Å²) in [7, 11) is 0. The molecule has 0 atom stereocenters. The molecule has 0 aliphatic carbocycles. The Morgan fingerprint density at radius 1 is 1.42 bits per heavy atom. The minimum atomic E-state index is -0.196. The molecule has 0 amide bonds. The van der Waals surface area contributed by atoms with Gasteiger partial charge in [-0.3, -0.25) is 4.79 Å². The molecule has 3 aromatic rings. The maximum absolute atomic E-state index is 11.4. The van der Waals surface area contributed by atoms with E-state index in [2.05, 4.69) is 19.9 Å². The third kappa shape index (κ3) is 2.29. The van der Waals surface area contributed by atoms with Crippen molar-refractivity contribution >= 4 is 23.2 Å². The predicted octanol–water partition coefficient (Wildman–Crippen LogP) is 0.854. The smallest absolute Gasteiger partial charge is 0.251 e. The minimum Gasteiger partial charge on any atom is -0.382 e. The first-order valence-corrected chi connectivity index (χ1v) is 6.28. The van der Waals surface area contributed by atoms with Crippen molar-refractivity contribution in [3.8, 4) is 0 Å². The van der Waals surface area contributed by atoms with Crippen molar-refractivity contribution in [1.29, 1.82) is 0 Å². The highest BCUT2D eigenvalue weighted by atomic mass is 32.2. The van der Waals surface area contributed by atoms with Crippen LogP contribution in [-0.4, -0.2) is 24.3 Å². The number of imidazole rings is 1. The number of hydrogen-bond donors (Lipinski definition) is 2. The molecule has 0 radical (unpaired) electrons. The van der Waals surface area contributed by atoms with Crippen LogP contribution in [-0.2, 0) is 0 Å². The van der Waals surface area contributed by atoms with Gasteiger partial charge in [0.15, 0.2) is 10.8 Å². The van der Waals surface area contributed by atoms with Crippen molar-refractivity contribution in [2.45, 2.75) is 17.1 Å². The third-order valence-corrected chi connectivity index (χ3v) is 3.26. The molecule has 0 spiro atoms. The van der Waals surface area contributed by atoms with E-state index < -0.39 is 0 Å². The first kappa shape index (κ1) is 11.7. The molecule has 3 N–H and O–H groups in total. The molecule has 0 unspecified atom stereocenters. The van der Waals surface area contributed by atoms with Gasteiger partial charge in [0.1, 0.15) is 10.8 Å². The number of aromatic amines is 1. The van der Waals surface area contributed by atoms with Crippen LogP contribution in [0, 0.1) is 6.92 Å². The van der Waals surface area contributed by atoms with Gasteiger partial charge in [0, 0.05) is 24.2 Å². The molecule has 3 rings (SSSR count). The average molecular weight is 274 g/mol. The zero-order valence-corrected chi connectivity index (χ0v) is 10.8. The fourth-order valence-electron chi connectivity index (χ4n) is 1.68. The Morgan fingerprint density at radius 2 is 2.26 bits per heavy atom. The molecule has 0 saturated heterocycles. The average Bonchev–Trinajstić information content (AvgIpc) is 2.75. The lowest BCUT2D eigenvalue weighted by molar-refractivity contribution is 0.901. The van der Waals surface area contributed by atoms with Gasteiger partial charge < -0.3 is 15.1 Å². The SMILES string of the molecule is Cc1cc(=O)[nH]c(Sc2nc(N)cn3ccnc23)n1. The third-order valence-electron chi connectivity index (χ3n) is 2.40. The molecular formula is C11H10N6OS. The van der Waals surface area contributed by atoms with Crippen LogP contribution in [0.3, 0.4) is 0 Å². The number of nitrogens with zero attached hydrogens (tertiary/aromatic N) is 4. The van der Waals surface area contributed by atoms with Crippen LogP contribution in [0.15, 0.2) is 39.6 Å². The van der Waals surface area contributed by atoms with Crippen molar-refractivity contribution in [2.24, 2.45) is 0 Å². The van der Waals surface area contributed by atoms with E-state index in [4.69, 9.17) is 5.73 Å². The number of rotatable bonds is 2. The lowest BCUT2D eigenvalue weighted by atomic mass is 10.5. The summed E-state index contributed by atoms with van der Waals surface area (Å²) >= 11 is 1.22. The Kier molecular flexibility index (Phi) is 2.71. The normalized spacial score (nSPS) is 11.0. The Hall–Kier alpha value is -2.35. The summed E-state index contributed by atoms with van der Waals surface area (Å²) in [6.07, 6.45) is 5.12. The molecule has 96 valence electrons. The second-order valence-corrected chi connectivity index (χ2v) is 4.90. The van der Waals surface area contributed by atoms with Crippen molar-refractivity contribution in [3.63, 3.8) is 0 Å². The van der Waals surface area contributed by atoms with Gasteiger partial charge in [-0.1, -0.05) is 0 Å². The summed E-state index contributed by atoms with van der Waals surface area (Å²) in [5, 5.41) is 1.06. The van der Waals surface area contributed by atoms with E-state index in [1.807, 2.05) is 0 Å². The van der Waals surface area contributed by atoms with Gasteiger partial charge in [-0.2, -0.15) is 0 Å². The summed E-state index contributed by atoms with van der Waals surface area (Å²) in [6.45, 7) is 1.76. The quantitative estimate of drug-likeness (QED) is 0.672. The Bertz CT molecular complexity index is 808. The first-order valence-electron chi connectivity index (χ1n) is 5.47. The van der Waals surface area contributed by atoms with Gasteiger partial charge in [-0.25, -0.2) is 15.0 Å². The number of aryl methyl sites for hydroxylation is 1. The molecule has 7 nitrogen and oxygen atoms in total. The highest BCUT2D eigenvalue weighted by molar-refractivity contribution is 7.99. The van der Waals surface area contributed by atoms with Crippen LogP contribution in [0.2, 0.25) is 0 Å². The second kappa shape index (κ2) is 4.39. The highest BCUT2D eigenvalue weighted by Gasteiger charge is 2.10. The number of fused-ring (bicyclic) bond motifs is 1. The maximum atomic E-state index is 11.4. The monoisotopic (exact) mass is 274 g/mol. The van der Waals surface area contributed by atoms with Crippen LogP contribution in [0.5, 0.6) is 0 Å². The summed E-state index contributed by atoms with van der Waals surface area (Å²) in [6, 6.07) is 1.43. The lowest BCUT2D eigenvalue weighted by Crippen LogP contribution is -2.08. The zero-order chi connectivity index (χ0) is 13.4. The summed E-state index contributed by atoms with van der Waals surface area (Å²) in [5.41, 5.74) is 6.85. The number of hydrogen-bond acceptors (Lipinski definition) is 6. The van der Waals surface area contributed by atoms with Crippen molar-refractivity contribution in [2.75, 3.05) is 5.73 Å². The lowest BCUT2D eigenvalue weighted by Gasteiger charge is -2.04. The Labute approximate surface area is 111 Å². The van der Waals surface area contributed by atoms with E-state index in [0.717, 1.165) is 0 Å². The molecular weight excluding hydrogens is 264 g/mol. The Balaban J connectivity index is 2.09. The molecule has 0 aliphatic rings. The fourth-order valence-corrected chi connectivity index (χ4v) is 2.61. The van der Waals surface area contributed by atoms with E-state index in [1.165, 1.54) is 17.8 Å². The van der Waals surface area contributed by atoms with E-state index in [0.29, 0.717) is 27.3 Å². The van der Waals surface area contributed by atoms with Crippen molar-refractivity contribution in [1.82, 2.24) is 24.3 Å². The topological polar surface area (TPSA) is 102 Å². The van der Waals surface area contributed by atoms with E-state index in [9.17, 15) is 4.79 Å². The van der Waals surface area contributed by atoms with E-state index in [1.54, 1.807) is 29.9 Å². The molecule has 0 bridgehead atoms. The number of aromatic nitrogens is 5. The standard InChI is InChI=1S/C11H10N6OS/c1-6-4-8(18)16-11(14-6)19-10-9-13-2-3-17(9)5-7(12)15-10/h2-5H,12H2,1H3,(H,14,16,18). The van der Waals surface area contributed by atoms with E-state index >= 15 is 0 Å². The van der Waals surface area contributed by atoms with Gasteiger partial charge in [0.2, 0.25) is 0 Å². The van der Waals surface area contributed by atoms with Gasteiger partial charge in [-0.15, -0.1) is 0 Å². The molecule has 0 aromatic carbocycles. The largest absolute Gasteiger partial charge is 0.382 e. The molecule has 19 heavy (non-hydrogen) atoms. The van der Waals surface area contributed by atoms with Gasteiger partial charge >= 0.3 is 0 Å². The van der Waals surface area contributed by atoms with Crippen LogP contribution >= 0.6 is 11.8 Å². The van der Waals surface area contributed by atoms with Crippen molar-refractivity contribution < 1.29 is 0 Å². The van der Waals surface area contributed by atoms with Gasteiger partial charge in [0.25, 0.3) is 5.56 Å². The summed E-state index contributed by atoms with van der Waals surface area (Å²) in [4.78, 5) is 26.7. The van der Waals surface area contributed by atoms with Crippen LogP contribution in [0.1, 0.15) is 5.69 Å². The minimum absolute atomic E-state index is 0.196. The fraction of sp³-hybridized carbons (Fsp3) is 0.0909. The second-order valence-electron chi connectivity index (χ2n) is 3.92. The zero-order valence-electron chi connectivity index (χ0n) is 9.99. The Morgan fingerprint density at radius 3 is 3.05 bits per heavy atom. The van der Waals surface area contributed by atoms with Crippen LogP contribution in [0.25, 0.3) is 5.65 Å². The maximum Gasteiger partial charge on any atom is 0.251 e. The number of nitrogens with two attached hydrogens (primary N) is 1. The molecule has 3 heterocycles. The summed E-state index contributed by atoms with van der Waals surface area (Å²) in [5.74, 6) is 0.378. The molecule has 3 aromatic heterocycles. The molecule has 0 aliphatic heterocycles. The van der Waals surface area contributed by atoms with Gasteiger partial charge in [0.05, 0.1) is 6.20 Å². The number of nitrogen functional groups attached to an aromatic ring is 1. The van der Waals surface area contributed by atoms with E-state index in [-0.39, 0.29) is 5.56 Å². The van der Waals surface area contributed by atoms with Gasteiger partial charge in [-0.05, 0) is 18.7 Å². The van der Waals surface area contributed by atoms with Crippen LogP contribution < -0.4 is 11.3 Å². The number of nitrogens with one attached hydrogen (secondary N) is 1. The molecule has 0 fully saturated rings. The first-order chi connectivity index (χ1) is 9.11. The van der Waals surface area contributed by atoms with Crippen molar-refractivity contribution in [3.05, 3.63) is 40.7 Å². The molecule has 8 heteroatoms. The summed E-state index contributed by atoms with van der Waals surface area (Å²) < 4.78 is 1.78.